The average molecular weight is 253 g/mol. The van der Waals surface area contributed by atoms with Gasteiger partial charge in [-0.2, -0.15) is 0 Å². The first kappa shape index (κ1) is 12.6. The molecular weight excluding hydrogens is 234 g/mol. The van der Waals surface area contributed by atoms with Gasteiger partial charge < -0.3 is 10.1 Å². The largest absolute Gasteiger partial charge is 0.377 e. The Morgan fingerprint density at radius 2 is 2.47 bits per heavy atom. The highest BCUT2D eigenvalue weighted by Gasteiger charge is 2.24. The van der Waals surface area contributed by atoms with Gasteiger partial charge in [0.25, 0.3) is 0 Å². The second kappa shape index (κ2) is 6.21. The number of ether oxygens (including phenoxy) is 1. The Morgan fingerprint density at radius 3 is 3.18 bits per heavy atom. The van der Waals surface area contributed by atoms with Gasteiger partial charge in [-0.15, -0.1) is 11.8 Å². The van der Waals surface area contributed by atoms with Crippen LogP contribution in [0.4, 0.5) is 5.95 Å². The number of thioether (sulfide) groups is 1. The second-order valence-corrected chi connectivity index (χ2v) is 5.34. The SMILES string of the molecule is CCNc1nccc(CSC2CCOC2C)n1. The number of aromatic nitrogens is 2. The highest BCUT2D eigenvalue weighted by molar-refractivity contribution is 7.99. The predicted molar refractivity (Wildman–Crippen MR) is 71.3 cm³/mol. The molecule has 2 rings (SSSR count). The van der Waals surface area contributed by atoms with Crippen molar-refractivity contribution in [3.05, 3.63) is 18.0 Å². The molecule has 2 unspecified atom stereocenters. The Hall–Kier alpha value is -0.810. The molecule has 1 aliphatic rings. The molecule has 0 radical (unpaired) electrons. The molecule has 1 aromatic rings. The van der Waals surface area contributed by atoms with Gasteiger partial charge in [-0.3, -0.25) is 0 Å². The molecule has 94 valence electrons. The van der Waals surface area contributed by atoms with Crippen molar-refractivity contribution in [1.29, 1.82) is 0 Å². The molecule has 17 heavy (non-hydrogen) atoms. The van der Waals surface area contributed by atoms with Crippen molar-refractivity contribution in [2.75, 3.05) is 18.5 Å². The summed E-state index contributed by atoms with van der Waals surface area (Å²) in [4.78, 5) is 8.63. The summed E-state index contributed by atoms with van der Waals surface area (Å²) in [6, 6.07) is 1.98. The number of hydrogen-bond donors (Lipinski definition) is 1. The topological polar surface area (TPSA) is 47.0 Å². The van der Waals surface area contributed by atoms with E-state index in [2.05, 4.69) is 22.2 Å². The maximum atomic E-state index is 5.55. The lowest BCUT2D eigenvalue weighted by atomic mass is 10.3. The standard InChI is InChI=1S/C12H19N3OS/c1-3-13-12-14-6-4-10(15-12)8-17-11-5-7-16-9(11)2/h4,6,9,11H,3,5,7-8H2,1-2H3,(H,13,14,15). The summed E-state index contributed by atoms with van der Waals surface area (Å²) < 4.78 is 5.55. The fourth-order valence-electron chi connectivity index (χ4n) is 1.84. The van der Waals surface area contributed by atoms with Crippen molar-refractivity contribution >= 4 is 17.7 Å². The minimum atomic E-state index is 0.370. The predicted octanol–water partition coefficient (Wildman–Crippen LogP) is 2.32. The number of hydrogen-bond acceptors (Lipinski definition) is 5. The van der Waals surface area contributed by atoms with Gasteiger partial charge in [0.15, 0.2) is 0 Å². The molecule has 1 aromatic heterocycles. The van der Waals surface area contributed by atoms with Gasteiger partial charge in [0.1, 0.15) is 0 Å². The van der Waals surface area contributed by atoms with Crippen molar-refractivity contribution in [2.24, 2.45) is 0 Å². The van der Waals surface area contributed by atoms with E-state index in [4.69, 9.17) is 4.74 Å². The van der Waals surface area contributed by atoms with Gasteiger partial charge in [-0.25, -0.2) is 9.97 Å². The van der Waals surface area contributed by atoms with Crippen LogP contribution in [0.5, 0.6) is 0 Å². The van der Waals surface area contributed by atoms with Crippen molar-refractivity contribution in [1.82, 2.24) is 9.97 Å². The van der Waals surface area contributed by atoms with Crippen LogP contribution >= 0.6 is 11.8 Å². The number of nitrogens with one attached hydrogen (secondary N) is 1. The summed E-state index contributed by atoms with van der Waals surface area (Å²) in [6.45, 7) is 5.94. The van der Waals surface area contributed by atoms with Crippen LogP contribution in [-0.4, -0.2) is 34.5 Å². The van der Waals surface area contributed by atoms with Crippen LogP contribution in [0.2, 0.25) is 0 Å². The molecule has 0 aromatic carbocycles. The van der Waals surface area contributed by atoms with E-state index >= 15 is 0 Å². The average Bonchev–Trinajstić information content (AvgIpc) is 2.73. The van der Waals surface area contributed by atoms with Gasteiger partial charge in [0.05, 0.1) is 11.8 Å². The van der Waals surface area contributed by atoms with Crippen molar-refractivity contribution in [3.63, 3.8) is 0 Å². The Balaban J connectivity index is 1.87. The quantitative estimate of drug-likeness (QED) is 0.872. The van der Waals surface area contributed by atoms with Crippen LogP contribution in [0.1, 0.15) is 26.0 Å². The zero-order valence-corrected chi connectivity index (χ0v) is 11.2. The summed E-state index contributed by atoms with van der Waals surface area (Å²) in [5.74, 6) is 1.65. The molecule has 4 nitrogen and oxygen atoms in total. The molecule has 0 saturated carbocycles. The van der Waals surface area contributed by atoms with Crippen molar-refractivity contribution < 1.29 is 4.74 Å². The third-order valence-corrected chi connectivity index (χ3v) is 4.31. The van der Waals surface area contributed by atoms with Gasteiger partial charge in [-0.05, 0) is 26.3 Å². The minimum Gasteiger partial charge on any atom is -0.377 e. The van der Waals surface area contributed by atoms with E-state index in [9.17, 15) is 0 Å². The smallest absolute Gasteiger partial charge is 0.222 e. The lowest BCUT2D eigenvalue weighted by Crippen LogP contribution is -2.13. The van der Waals surface area contributed by atoms with Crippen LogP contribution in [0.15, 0.2) is 12.3 Å². The van der Waals surface area contributed by atoms with Crippen LogP contribution in [0.25, 0.3) is 0 Å². The van der Waals surface area contributed by atoms with Gasteiger partial charge in [0, 0.05) is 30.4 Å². The highest BCUT2D eigenvalue weighted by atomic mass is 32.2. The van der Waals surface area contributed by atoms with Crippen LogP contribution in [0, 0.1) is 0 Å². The normalized spacial score (nSPS) is 23.9. The Morgan fingerprint density at radius 1 is 1.59 bits per heavy atom. The molecule has 0 spiro atoms. The molecule has 1 aliphatic heterocycles. The van der Waals surface area contributed by atoms with E-state index < -0.39 is 0 Å². The molecule has 1 saturated heterocycles. The monoisotopic (exact) mass is 253 g/mol. The number of nitrogens with zero attached hydrogens (tertiary/aromatic N) is 2. The third kappa shape index (κ3) is 3.57. The molecule has 0 aliphatic carbocycles. The van der Waals surface area contributed by atoms with E-state index in [1.165, 1.54) is 0 Å². The van der Waals surface area contributed by atoms with Crippen molar-refractivity contribution in [2.45, 2.75) is 37.4 Å². The number of anilines is 1. The summed E-state index contributed by atoms with van der Waals surface area (Å²) >= 11 is 1.93. The van der Waals surface area contributed by atoms with Gasteiger partial charge in [-0.1, -0.05) is 0 Å². The molecule has 0 amide bonds. The maximum absolute atomic E-state index is 5.55. The van der Waals surface area contributed by atoms with Crippen LogP contribution in [0.3, 0.4) is 0 Å². The molecule has 1 fully saturated rings. The van der Waals surface area contributed by atoms with Crippen LogP contribution < -0.4 is 5.32 Å². The fraction of sp³-hybridized carbons (Fsp3) is 0.667. The zero-order valence-electron chi connectivity index (χ0n) is 10.3. The zero-order chi connectivity index (χ0) is 12.1. The van der Waals surface area contributed by atoms with Gasteiger partial charge >= 0.3 is 0 Å². The van der Waals surface area contributed by atoms with Gasteiger partial charge in [0.2, 0.25) is 5.95 Å². The third-order valence-electron chi connectivity index (χ3n) is 2.80. The fourth-order valence-corrected chi connectivity index (χ4v) is 3.00. The first-order chi connectivity index (χ1) is 8.29. The van der Waals surface area contributed by atoms with E-state index in [-0.39, 0.29) is 0 Å². The summed E-state index contributed by atoms with van der Waals surface area (Å²) in [6.07, 6.45) is 3.34. The highest BCUT2D eigenvalue weighted by Crippen LogP contribution is 2.28. The van der Waals surface area contributed by atoms with E-state index in [0.29, 0.717) is 11.4 Å². The molecule has 0 bridgehead atoms. The van der Waals surface area contributed by atoms with E-state index in [1.807, 2.05) is 30.9 Å². The first-order valence-electron chi connectivity index (χ1n) is 6.08. The lowest BCUT2D eigenvalue weighted by Gasteiger charge is -2.13. The number of rotatable bonds is 5. The summed E-state index contributed by atoms with van der Waals surface area (Å²) in [7, 11) is 0. The Kier molecular flexibility index (Phi) is 4.62. The summed E-state index contributed by atoms with van der Waals surface area (Å²) in [5.41, 5.74) is 1.08. The Labute approximate surface area is 107 Å². The molecule has 2 atom stereocenters. The molecule has 1 N–H and O–H groups in total. The Bertz CT molecular complexity index is 361. The lowest BCUT2D eigenvalue weighted by molar-refractivity contribution is 0.127. The van der Waals surface area contributed by atoms with Crippen molar-refractivity contribution in [3.8, 4) is 0 Å². The molecule has 2 heterocycles. The van der Waals surface area contributed by atoms with E-state index in [0.717, 1.165) is 37.0 Å². The second-order valence-electron chi connectivity index (χ2n) is 4.12. The maximum Gasteiger partial charge on any atom is 0.222 e. The molecule has 5 heteroatoms. The van der Waals surface area contributed by atoms with Crippen LogP contribution in [-0.2, 0) is 10.5 Å². The van der Waals surface area contributed by atoms with E-state index in [1.54, 1.807) is 0 Å². The molecular formula is C12H19N3OS. The summed E-state index contributed by atoms with van der Waals surface area (Å²) in [5, 5.41) is 3.73. The first-order valence-corrected chi connectivity index (χ1v) is 7.13. The minimum absolute atomic E-state index is 0.370.